The van der Waals surface area contributed by atoms with E-state index < -0.39 is 0 Å². The average Bonchev–Trinajstić information content (AvgIpc) is 2.94. The van der Waals surface area contributed by atoms with Crippen molar-refractivity contribution in [2.75, 3.05) is 0 Å². The first-order valence-corrected chi connectivity index (χ1v) is 7.45. The molecule has 1 aliphatic carbocycles. The lowest BCUT2D eigenvalue weighted by Crippen LogP contribution is -2.18. The highest BCUT2D eigenvalue weighted by Gasteiger charge is 2.21. The number of rotatable bonds is 3. The smallest absolute Gasteiger partial charge is 0.0795 e. The zero-order valence-corrected chi connectivity index (χ0v) is 11.7. The first-order valence-electron chi connectivity index (χ1n) is 5.72. The third-order valence-electron chi connectivity index (χ3n) is 3.20. The molecule has 0 saturated carbocycles. The molecule has 0 radical (unpaired) electrons. The van der Waals surface area contributed by atoms with E-state index in [4.69, 9.17) is 0 Å². The minimum Gasteiger partial charge on any atom is -0.304 e. The van der Waals surface area contributed by atoms with Crippen LogP contribution in [0.4, 0.5) is 0 Å². The molecule has 0 fully saturated rings. The van der Waals surface area contributed by atoms with Crippen LogP contribution in [0.3, 0.4) is 0 Å². The normalized spacial score (nSPS) is 18.3. The maximum atomic E-state index is 4.30. The lowest BCUT2D eigenvalue weighted by molar-refractivity contribution is 0.526. The lowest BCUT2D eigenvalue weighted by atomic mass is 10.1. The Kier molecular flexibility index (Phi) is 3.27. The average molecular weight is 309 g/mol. The first-order chi connectivity index (χ1) is 8.33. The van der Waals surface area contributed by atoms with Crippen LogP contribution in [0.1, 0.15) is 29.3 Å². The highest BCUT2D eigenvalue weighted by molar-refractivity contribution is 9.10. The molecule has 1 aromatic carbocycles. The van der Waals surface area contributed by atoms with Crippen LogP contribution in [0.5, 0.6) is 0 Å². The molecule has 2 aromatic rings. The van der Waals surface area contributed by atoms with E-state index in [1.54, 1.807) is 11.3 Å². The molecule has 2 nitrogen and oxygen atoms in total. The fourth-order valence-corrected chi connectivity index (χ4v) is 3.32. The van der Waals surface area contributed by atoms with Gasteiger partial charge in [-0.05, 0) is 36.1 Å². The quantitative estimate of drug-likeness (QED) is 0.935. The SMILES string of the molecule is Brc1ccc2c(c1)CCC2NCc1cscn1. The van der Waals surface area contributed by atoms with Crippen molar-refractivity contribution in [2.24, 2.45) is 0 Å². The zero-order chi connectivity index (χ0) is 11.7. The van der Waals surface area contributed by atoms with Gasteiger partial charge in [0.05, 0.1) is 11.2 Å². The van der Waals surface area contributed by atoms with E-state index in [-0.39, 0.29) is 0 Å². The van der Waals surface area contributed by atoms with Gasteiger partial charge in [0.1, 0.15) is 0 Å². The number of nitrogens with zero attached hydrogens (tertiary/aromatic N) is 1. The number of hydrogen-bond acceptors (Lipinski definition) is 3. The molecule has 88 valence electrons. The molecule has 0 saturated heterocycles. The maximum absolute atomic E-state index is 4.30. The van der Waals surface area contributed by atoms with Gasteiger partial charge in [0.2, 0.25) is 0 Å². The first kappa shape index (κ1) is 11.4. The largest absolute Gasteiger partial charge is 0.304 e. The molecule has 1 aromatic heterocycles. The standard InChI is InChI=1S/C13H13BrN2S/c14-10-2-3-12-9(5-10)1-4-13(12)15-6-11-7-17-8-16-11/h2-3,5,7-8,13,15H,1,4,6H2. The van der Waals surface area contributed by atoms with Crippen LogP contribution < -0.4 is 5.32 Å². The van der Waals surface area contributed by atoms with Crippen molar-refractivity contribution >= 4 is 27.3 Å². The number of fused-ring (bicyclic) bond motifs is 1. The summed E-state index contributed by atoms with van der Waals surface area (Å²) in [7, 11) is 0. The van der Waals surface area contributed by atoms with Crippen LogP contribution >= 0.6 is 27.3 Å². The Labute approximate surface area is 113 Å². The summed E-state index contributed by atoms with van der Waals surface area (Å²) >= 11 is 5.18. The second-order valence-electron chi connectivity index (χ2n) is 4.30. The van der Waals surface area contributed by atoms with Crippen LogP contribution in [0, 0.1) is 0 Å². The summed E-state index contributed by atoms with van der Waals surface area (Å²) < 4.78 is 1.18. The zero-order valence-electron chi connectivity index (χ0n) is 9.32. The molecular formula is C13H13BrN2S. The minimum atomic E-state index is 0.486. The van der Waals surface area contributed by atoms with Gasteiger partial charge in [0.15, 0.2) is 0 Å². The van der Waals surface area contributed by atoms with Crippen LogP contribution in [0.25, 0.3) is 0 Å². The van der Waals surface area contributed by atoms with Crippen molar-refractivity contribution in [2.45, 2.75) is 25.4 Å². The van der Waals surface area contributed by atoms with Crippen molar-refractivity contribution in [3.05, 3.63) is 50.4 Å². The molecular weight excluding hydrogens is 296 g/mol. The molecule has 1 atom stereocenters. The number of thiazole rings is 1. The van der Waals surface area contributed by atoms with Gasteiger partial charge in [0.25, 0.3) is 0 Å². The number of aromatic nitrogens is 1. The lowest BCUT2D eigenvalue weighted by Gasteiger charge is -2.13. The predicted molar refractivity (Wildman–Crippen MR) is 74.2 cm³/mol. The second kappa shape index (κ2) is 4.88. The van der Waals surface area contributed by atoms with Gasteiger partial charge >= 0.3 is 0 Å². The third-order valence-corrected chi connectivity index (χ3v) is 4.32. The summed E-state index contributed by atoms with van der Waals surface area (Å²) in [6.07, 6.45) is 2.36. The summed E-state index contributed by atoms with van der Waals surface area (Å²) in [6.45, 7) is 0.865. The van der Waals surface area contributed by atoms with Crippen molar-refractivity contribution < 1.29 is 0 Å². The molecule has 1 unspecified atom stereocenters. The number of hydrogen-bond donors (Lipinski definition) is 1. The third kappa shape index (κ3) is 2.44. The van der Waals surface area contributed by atoms with Gasteiger partial charge in [-0.2, -0.15) is 0 Å². The van der Waals surface area contributed by atoms with Crippen LogP contribution in [-0.4, -0.2) is 4.98 Å². The summed E-state index contributed by atoms with van der Waals surface area (Å²) in [4.78, 5) is 4.30. The van der Waals surface area contributed by atoms with E-state index in [2.05, 4.69) is 49.8 Å². The van der Waals surface area contributed by atoms with Gasteiger partial charge in [-0.25, -0.2) is 4.98 Å². The van der Waals surface area contributed by atoms with Gasteiger partial charge < -0.3 is 5.32 Å². The molecule has 4 heteroatoms. The minimum absolute atomic E-state index is 0.486. The monoisotopic (exact) mass is 308 g/mol. The molecule has 0 aliphatic heterocycles. The Morgan fingerprint density at radius 2 is 2.41 bits per heavy atom. The van der Waals surface area contributed by atoms with Crippen molar-refractivity contribution in [1.29, 1.82) is 0 Å². The van der Waals surface area contributed by atoms with Gasteiger partial charge in [-0.3, -0.25) is 0 Å². The van der Waals surface area contributed by atoms with Gasteiger partial charge in [-0.15, -0.1) is 11.3 Å². The fourth-order valence-electron chi connectivity index (χ4n) is 2.35. The summed E-state index contributed by atoms with van der Waals surface area (Å²) in [6, 6.07) is 7.08. The second-order valence-corrected chi connectivity index (χ2v) is 5.93. The predicted octanol–water partition coefficient (Wildman–Crippen LogP) is 3.68. The Morgan fingerprint density at radius 1 is 1.47 bits per heavy atom. The van der Waals surface area contributed by atoms with Crippen LogP contribution in [0.2, 0.25) is 0 Å². The number of aryl methyl sites for hydroxylation is 1. The molecule has 0 spiro atoms. The van der Waals surface area contributed by atoms with E-state index in [1.165, 1.54) is 28.4 Å². The summed E-state index contributed by atoms with van der Waals surface area (Å²) in [5.41, 5.74) is 5.94. The summed E-state index contributed by atoms with van der Waals surface area (Å²) in [5, 5.41) is 5.69. The number of nitrogens with one attached hydrogen (secondary N) is 1. The Balaban J connectivity index is 1.71. The van der Waals surface area contributed by atoms with Gasteiger partial charge in [0, 0.05) is 22.4 Å². The van der Waals surface area contributed by atoms with E-state index in [1.807, 2.05) is 5.51 Å². The molecule has 17 heavy (non-hydrogen) atoms. The topological polar surface area (TPSA) is 24.9 Å². The van der Waals surface area contributed by atoms with E-state index in [9.17, 15) is 0 Å². The Hall–Kier alpha value is -0.710. The molecule has 1 aliphatic rings. The van der Waals surface area contributed by atoms with Crippen molar-refractivity contribution in [1.82, 2.24) is 10.3 Å². The Bertz CT molecular complexity index is 510. The molecule has 3 rings (SSSR count). The van der Waals surface area contributed by atoms with Crippen molar-refractivity contribution in [3.63, 3.8) is 0 Å². The Morgan fingerprint density at radius 3 is 3.24 bits per heavy atom. The maximum Gasteiger partial charge on any atom is 0.0795 e. The van der Waals surface area contributed by atoms with Gasteiger partial charge in [-0.1, -0.05) is 22.0 Å². The highest BCUT2D eigenvalue weighted by atomic mass is 79.9. The molecule has 1 N–H and O–H groups in total. The van der Waals surface area contributed by atoms with E-state index in [0.29, 0.717) is 6.04 Å². The molecule has 1 heterocycles. The fraction of sp³-hybridized carbons (Fsp3) is 0.308. The summed E-state index contributed by atoms with van der Waals surface area (Å²) in [5.74, 6) is 0. The molecule has 0 amide bonds. The van der Waals surface area contributed by atoms with E-state index in [0.717, 1.165) is 12.2 Å². The molecule has 0 bridgehead atoms. The van der Waals surface area contributed by atoms with Crippen LogP contribution in [0.15, 0.2) is 33.6 Å². The highest BCUT2D eigenvalue weighted by Crippen LogP contribution is 2.33. The van der Waals surface area contributed by atoms with E-state index >= 15 is 0 Å². The van der Waals surface area contributed by atoms with Crippen LogP contribution in [-0.2, 0) is 13.0 Å². The van der Waals surface area contributed by atoms with Crippen molar-refractivity contribution in [3.8, 4) is 0 Å². The number of benzene rings is 1. The number of halogens is 1.